The van der Waals surface area contributed by atoms with Crippen molar-refractivity contribution in [2.24, 2.45) is 28.6 Å². The highest BCUT2D eigenvalue weighted by molar-refractivity contribution is 8.13. The van der Waals surface area contributed by atoms with Crippen molar-refractivity contribution >= 4 is 28.6 Å². The lowest BCUT2D eigenvalue weighted by Gasteiger charge is -2.63. The van der Waals surface area contributed by atoms with Crippen LogP contribution in [0.3, 0.4) is 0 Å². The van der Waals surface area contributed by atoms with E-state index >= 15 is 8.78 Å². The van der Waals surface area contributed by atoms with Gasteiger partial charge in [-0.15, -0.1) is 0 Å². The molecule has 34 heavy (non-hydrogen) atoms. The number of hydrogen-bond donors (Lipinski definition) is 1. The number of allylic oxidation sites excluding steroid dienone is 4. The van der Waals surface area contributed by atoms with Crippen molar-refractivity contribution < 1.29 is 37.4 Å². The second-order valence-electron chi connectivity index (χ2n) is 10.6. The first-order chi connectivity index (χ1) is 15.8. The molecule has 9 atom stereocenters. The summed E-state index contributed by atoms with van der Waals surface area (Å²) in [5, 5.41) is 10.7. The Morgan fingerprint density at radius 1 is 1.26 bits per heavy atom. The van der Waals surface area contributed by atoms with E-state index in [2.05, 4.69) is 0 Å². The number of thioether (sulfide) groups is 1. The van der Waals surface area contributed by atoms with Crippen molar-refractivity contribution in [2.45, 2.75) is 76.9 Å². The molecule has 9 heteroatoms. The lowest BCUT2D eigenvalue weighted by Crippen LogP contribution is -2.70. The predicted octanol–water partition coefficient (Wildman–Crippen LogP) is 4.43. The minimum absolute atomic E-state index is 0.0141. The van der Waals surface area contributed by atoms with Crippen molar-refractivity contribution in [1.82, 2.24) is 0 Å². The number of halogens is 3. The van der Waals surface area contributed by atoms with Gasteiger partial charge >= 0.3 is 5.97 Å². The largest absolute Gasteiger partial charge is 0.449 e. The van der Waals surface area contributed by atoms with Crippen LogP contribution in [-0.2, 0) is 19.1 Å². The smallest absolute Gasteiger partial charge is 0.306 e. The SMILES string of the molecule is CCC(=O)O[C@]1(C(=O)SCF)[C@H](C)CC2C3C[C@H](F)C4=CC(=O)C=CC4(C)[C@@]3(F)[C@@H](O)CC21C. The molecule has 0 aromatic carbocycles. The molecule has 4 aliphatic rings. The lowest BCUT2D eigenvalue weighted by atomic mass is 9.44. The maximum atomic E-state index is 17.2. The van der Waals surface area contributed by atoms with Crippen LogP contribution >= 0.6 is 11.8 Å². The average molecular weight is 501 g/mol. The highest BCUT2D eigenvalue weighted by Gasteiger charge is 2.78. The molecule has 188 valence electrons. The van der Waals surface area contributed by atoms with Crippen LogP contribution in [0, 0.1) is 28.6 Å². The van der Waals surface area contributed by atoms with Crippen LogP contribution in [-0.4, -0.2) is 51.5 Å². The zero-order valence-electron chi connectivity index (χ0n) is 19.8. The van der Waals surface area contributed by atoms with E-state index in [0.717, 1.165) is 6.08 Å². The number of fused-ring (bicyclic) bond motifs is 5. The molecule has 4 unspecified atom stereocenters. The molecule has 0 saturated heterocycles. The molecule has 0 heterocycles. The highest BCUT2D eigenvalue weighted by atomic mass is 32.2. The van der Waals surface area contributed by atoms with Gasteiger partial charge in [0.1, 0.15) is 12.2 Å². The molecule has 0 aromatic rings. The molecular formula is C25H31F3O5S. The highest BCUT2D eigenvalue weighted by Crippen LogP contribution is 2.72. The third-order valence-electron chi connectivity index (χ3n) is 9.22. The molecule has 0 bridgehead atoms. The Labute approximate surface area is 201 Å². The number of hydrogen-bond acceptors (Lipinski definition) is 6. The van der Waals surface area contributed by atoms with Crippen LogP contribution in [0.4, 0.5) is 13.2 Å². The molecule has 4 aliphatic carbocycles. The second-order valence-corrected chi connectivity index (χ2v) is 11.5. The minimum Gasteiger partial charge on any atom is -0.449 e. The number of ether oxygens (including phenoxy) is 1. The van der Waals surface area contributed by atoms with Crippen molar-refractivity contribution in [2.75, 3.05) is 6.01 Å². The second kappa shape index (κ2) is 8.22. The van der Waals surface area contributed by atoms with Gasteiger partial charge in [0.25, 0.3) is 0 Å². The number of aliphatic hydroxyl groups is 1. The first-order valence-corrected chi connectivity index (χ1v) is 12.7. The van der Waals surface area contributed by atoms with Gasteiger partial charge in [0, 0.05) is 29.1 Å². The van der Waals surface area contributed by atoms with Crippen LogP contribution in [0.15, 0.2) is 23.8 Å². The molecule has 3 saturated carbocycles. The van der Waals surface area contributed by atoms with Gasteiger partial charge in [0.05, 0.1) is 6.10 Å². The number of alkyl halides is 3. The zero-order chi connectivity index (χ0) is 25.3. The molecule has 1 N–H and O–H groups in total. The summed E-state index contributed by atoms with van der Waals surface area (Å²) in [6.45, 7) is 6.45. The summed E-state index contributed by atoms with van der Waals surface area (Å²) in [7, 11) is 0. The molecule has 0 amide bonds. The van der Waals surface area contributed by atoms with Crippen molar-refractivity contribution in [3.63, 3.8) is 0 Å². The number of aliphatic hydroxyl groups excluding tert-OH is 1. The fraction of sp³-hybridized carbons (Fsp3) is 0.720. The third-order valence-corrected chi connectivity index (χ3v) is 9.90. The third kappa shape index (κ3) is 3.01. The van der Waals surface area contributed by atoms with Gasteiger partial charge in [-0.25, -0.2) is 13.2 Å². The predicted molar refractivity (Wildman–Crippen MR) is 121 cm³/mol. The Hall–Kier alpha value is -1.61. The van der Waals surface area contributed by atoms with Crippen molar-refractivity contribution in [1.29, 1.82) is 0 Å². The molecule has 4 rings (SSSR count). The lowest BCUT2D eigenvalue weighted by molar-refractivity contribution is -0.228. The van der Waals surface area contributed by atoms with Crippen LogP contribution in [0.25, 0.3) is 0 Å². The summed E-state index contributed by atoms with van der Waals surface area (Å²) >= 11 is 0.396. The summed E-state index contributed by atoms with van der Waals surface area (Å²) in [5.74, 6) is -3.30. The van der Waals surface area contributed by atoms with Gasteiger partial charge in [-0.1, -0.05) is 26.8 Å². The molecule has 0 spiro atoms. The molecule has 0 aliphatic heterocycles. The molecule has 0 aromatic heterocycles. The Morgan fingerprint density at radius 2 is 1.94 bits per heavy atom. The van der Waals surface area contributed by atoms with Gasteiger partial charge < -0.3 is 9.84 Å². The fourth-order valence-corrected chi connectivity index (χ4v) is 8.42. The Bertz CT molecular complexity index is 984. The molecular weight excluding hydrogens is 469 g/mol. The van der Waals surface area contributed by atoms with Gasteiger partial charge in [-0.2, -0.15) is 0 Å². The van der Waals surface area contributed by atoms with Crippen LogP contribution in [0.2, 0.25) is 0 Å². The fourth-order valence-electron chi connectivity index (χ4n) is 7.63. The van der Waals surface area contributed by atoms with Gasteiger partial charge in [-0.05, 0) is 61.6 Å². The van der Waals surface area contributed by atoms with Crippen LogP contribution < -0.4 is 0 Å². The van der Waals surface area contributed by atoms with E-state index in [9.17, 15) is 23.9 Å². The van der Waals surface area contributed by atoms with Crippen LogP contribution in [0.5, 0.6) is 0 Å². The zero-order valence-corrected chi connectivity index (χ0v) is 20.6. The van der Waals surface area contributed by atoms with Crippen molar-refractivity contribution in [3.05, 3.63) is 23.8 Å². The van der Waals surface area contributed by atoms with Gasteiger partial charge in [0.15, 0.2) is 17.1 Å². The Balaban J connectivity index is 1.87. The molecule has 0 radical (unpaired) electrons. The first kappa shape index (κ1) is 25.5. The Morgan fingerprint density at radius 3 is 2.56 bits per heavy atom. The maximum absolute atomic E-state index is 17.2. The summed E-state index contributed by atoms with van der Waals surface area (Å²) < 4.78 is 51.8. The molecule has 5 nitrogen and oxygen atoms in total. The van der Waals surface area contributed by atoms with E-state index in [0.29, 0.717) is 11.8 Å². The number of rotatable bonds is 4. The standard InChI is InChI=1S/C25H31F3O5S/c1-5-20(31)33-25(21(32)34-12-26)13(2)8-15-16-10-18(27)17-9-14(29)6-7-22(17,3)24(16,28)19(30)11-23(15,25)4/h6-7,9,13,15-16,18-19,30H,5,8,10-12H2,1-4H3/t13-,15?,16?,18+,19+,22?,23?,24+,25+/m1/s1. The van der Waals surface area contributed by atoms with E-state index in [1.807, 2.05) is 0 Å². The summed E-state index contributed by atoms with van der Waals surface area (Å²) in [4.78, 5) is 37.8. The van der Waals surface area contributed by atoms with Gasteiger partial charge in [0.2, 0.25) is 5.12 Å². The normalized spacial score (nSPS) is 47.4. The summed E-state index contributed by atoms with van der Waals surface area (Å²) in [5.41, 5.74) is -6.84. The Kier molecular flexibility index (Phi) is 6.16. The van der Waals surface area contributed by atoms with E-state index < -0.39 is 75.0 Å². The monoisotopic (exact) mass is 500 g/mol. The molecule has 3 fully saturated rings. The van der Waals surface area contributed by atoms with E-state index in [-0.39, 0.29) is 31.3 Å². The number of carbonyl (C=O) groups is 3. The number of ketones is 1. The number of esters is 1. The summed E-state index contributed by atoms with van der Waals surface area (Å²) in [6.07, 6.45) is 0.160. The van der Waals surface area contributed by atoms with E-state index in [1.54, 1.807) is 20.8 Å². The average Bonchev–Trinajstić information content (AvgIpc) is 2.99. The van der Waals surface area contributed by atoms with Gasteiger partial charge in [-0.3, -0.25) is 14.4 Å². The van der Waals surface area contributed by atoms with Crippen LogP contribution in [0.1, 0.15) is 53.4 Å². The maximum Gasteiger partial charge on any atom is 0.306 e. The van der Waals surface area contributed by atoms with E-state index in [4.69, 9.17) is 4.74 Å². The van der Waals surface area contributed by atoms with Crippen molar-refractivity contribution in [3.8, 4) is 0 Å². The first-order valence-electron chi connectivity index (χ1n) is 11.7. The van der Waals surface area contributed by atoms with E-state index in [1.165, 1.54) is 19.1 Å². The topological polar surface area (TPSA) is 80.7 Å². The summed E-state index contributed by atoms with van der Waals surface area (Å²) in [6, 6.07) is -1.02. The minimum atomic E-state index is -2.30. The number of carbonyl (C=O) groups excluding carboxylic acids is 3. The quantitative estimate of drug-likeness (QED) is 0.576.